The lowest BCUT2D eigenvalue weighted by Gasteiger charge is -2.09. The zero-order valence-corrected chi connectivity index (χ0v) is 19.4. The van der Waals surface area contributed by atoms with Gasteiger partial charge in [-0.05, 0) is 37.3 Å². The summed E-state index contributed by atoms with van der Waals surface area (Å²) in [4.78, 5) is 27.0. The normalized spacial score (nSPS) is 10.7. The summed E-state index contributed by atoms with van der Waals surface area (Å²) in [6.07, 6.45) is 6.36. The summed E-state index contributed by atoms with van der Waals surface area (Å²) >= 11 is 0. The molecule has 0 aliphatic carbocycles. The molecule has 0 aliphatic heterocycles. The maximum Gasteiger partial charge on any atom is 0.340 e. The number of hydrogen-bond acceptors (Lipinski definition) is 9. The van der Waals surface area contributed by atoms with E-state index in [1.165, 1.54) is 7.11 Å². The number of nitriles is 1. The van der Waals surface area contributed by atoms with Gasteiger partial charge in [0.05, 0.1) is 61.7 Å². The number of aromatic nitrogens is 3. The van der Waals surface area contributed by atoms with Gasteiger partial charge in [-0.2, -0.15) is 10.4 Å². The second-order valence-electron chi connectivity index (χ2n) is 7.11. The summed E-state index contributed by atoms with van der Waals surface area (Å²) in [6.45, 7) is 2.14. The maximum absolute atomic E-state index is 12.4. The number of ether oxygens (including phenoxy) is 3. The van der Waals surface area contributed by atoms with Gasteiger partial charge in [0.15, 0.2) is 11.5 Å². The lowest BCUT2D eigenvalue weighted by atomic mass is 10.1. The quantitative estimate of drug-likeness (QED) is 0.239. The minimum absolute atomic E-state index is 0.0261. The van der Waals surface area contributed by atoms with Gasteiger partial charge in [0.25, 0.3) is 5.69 Å². The SMILES string of the molecule is CCOC(=O)c1cc([N+](=O)[O-])cnc1/C=C/c1cn(CCC#N)nc1-c1ccc(OC)c(OC)c1. The Kier molecular flexibility index (Phi) is 8.13. The van der Waals surface area contributed by atoms with Crippen molar-refractivity contribution < 1.29 is 23.9 Å². The van der Waals surface area contributed by atoms with E-state index >= 15 is 0 Å². The molecule has 0 saturated heterocycles. The Morgan fingerprint density at radius 3 is 2.66 bits per heavy atom. The lowest BCUT2D eigenvalue weighted by molar-refractivity contribution is -0.385. The van der Waals surface area contributed by atoms with Gasteiger partial charge < -0.3 is 14.2 Å². The van der Waals surface area contributed by atoms with E-state index < -0.39 is 10.9 Å². The van der Waals surface area contributed by atoms with Crippen LogP contribution < -0.4 is 9.47 Å². The Morgan fingerprint density at radius 2 is 2.00 bits per heavy atom. The van der Waals surface area contributed by atoms with Crippen molar-refractivity contribution in [2.45, 2.75) is 19.9 Å². The van der Waals surface area contributed by atoms with Crippen molar-refractivity contribution in [2.24, 2.45) is 0 Å². The maximum atomic E-state index is 12.4. The van der Waals surface area contributed by atoms with Crippen molar-refractivity contribution in [1.82, 2.24) is 14.8 Å². The van der Waals surface area contributed by atoms with Crippen molar-refractivity contribution in [3.63, 3.8) is 0 Å². The van der Waals surface area contributed by atoms with Crippen LogP contribution in [0, 0.1) is 21.4 Å². The summed E-state index contributed by atoms with van der Waals surface area (Å²) in [5.41, 5.74) is 1.87. The Labute approximate surface area is 201 Å². The molecule has 11 heteroatoms. The van der Waals surface area contributed by atoms with Crippen molar-refractivity contribution >= 4 is 23.8 Å². The number of carbonyl (C=O) groups excluding carboxylic acids is 1. The molecule has 35 heavy (non-hydrogen) atoms. The number of benzene rings is 1. The van der Waals surface area contributed by atoms with Crippen LogP contribution in [0.15, 0.2) is 36.7 Å². The molecular formula is C24H23N5O6. The van der Waals surface area contributed by atoms with Gasteiger partial charge in [-0.15, -0.1) is 0 Å². The Bertz CT molecular complexity index is 1310. The molecule has 0 fully saturated rings. The molecule has 3 rings (SSSR count). The van der Waals surface area contributed by atoms with Crippen LogP contribution in [0.5, 0.6) is 11.5 Å². The van der Waals surface area contributed by atoms with E-state index in [9.17, 15) is 14.9 Å². The highest BCUT2D eigenvalue weighted by Gasteiger charge is 2.19. The number of nitrogens with zero attached hydrogens (tertiary/aromatic N) is 5. The molecule has 0 bridgehead atoms. The van der Waals surface area contributed by atoms with Crippen molar-refractivity contribution in [2.75, 3.05) is 20.8 Å². The number of rotatable bonds is 10. The predicted octanol–water partition coefficient (Wildman–Crippen LogP) is 4.13. The average Bonchev–Trinajstić information content (AvgIpc) is 3.28. The topological polar surface area (TPSA) is 142 Å². The molecule has 0 spiro atoms. The first-order chi connectivity index (χ1) is 16.9. The Hall–Kier alpha value is -4.72. The van der Waals surface area contributed by atoms with E-state index in [1.807, 2.05) is 6.07 Å². The van der Waals surface area contributed by atoms with Crippen molar-refractivity contribution in [1.29, 1.82) is 5.26 Å². The smallest absolute Gasteiger partial charge is 0.340 e. The number of esters is 1. The van der Waals surface area contributed by atoms with Gasteiger partial charge in [0.1, 0.15) is 6.20 Å². The number of nitro groups is 1. The van der Waals surface area contributed by atoms with E-state index in [1.54, 1.807) is 49.2 Å². The number of aryl methyl sites for hydroxylation is 1. The standard InChI is InChI=1S/C24H23N5O6/c1-4-35-24(30)19-13-18(29(31)32)14-26-20(19)8-6-17-15-28(11-5-10-25)27-23(17)16-7-9-21(33-2)22(12-16)34-3/h6-9,12-15H,4-5,11H2,1-3H3/b8-6+. The first-order valence-electron chi connectivity index (χ1n) is 10.6. The summed E-state index contributed by atoms with van der Waals surface area (Å²) < 4.78 is 17.4. The zero-order valence-electron chi connectivity index (χ0n) is 19.4. The summed E-state index contributed by atoms with van der Waals surface area (Å²) in [6, 6.07) is 8.58. The van der Waals surface area contributed by atoms with Gasteiger partial charge in [0.2, 0.25) is 0 Å². The molecule has 0 atom stereocenters. The molecule has 1 aromatic carbocycles. The second kappa shape index (κ2) is 11.4. The first kappa shape index (κ1) is 24.9. The van der Waals surface area contributed by atoms with Crippen LogP contribution in [0.4, 0.5) is 5.69 Å². The third kappa shape index (κ3) is 5.80. The molecule has 2 aromatic heterocycles. The molecule has 3 aromatic rings. The molecule has 0 radical (unpaired) electrons. The van der Waals surface area contributed by atoms with Crippen LogP contribution in [0.25, 0.3) is 23.4 Å². The minimum atomic E-state index is -0.715. The van der Waals surface area contributed by atoms with Gasteiger partial charge in [0, 0.05) is 23.4 Å². The van der Waals surface area contributed by atoms with Crippen LogP contribution in [0.1, 0.15) is 35.0 Å². The van der Waals surface area contributed by atoms with Crippen molar-refractivity contribution in [3.8, 4) is 28.8 Å². The first-order valence-corrected chi connectivity index (χ1v) is 10.6. The molecule has 0 aliphatic rings. The van der Waals surface area contributed by atoms with Crippen LogP contribution in [0.2, 0.25) is 0 Å². The Balaban J connectivity index is 2.08. The van der Waals surface area contributed by atoms with E-state index in [2.05, 4.69) is 16.2 Å². The molecule has 0 amide bonds. The van der Waals surface area contributed by atoms with Gasteiger partial charge in [-0.25, -0.2) is 9.78 Å². The average molecular weight is 477 g/mol. The summed E-state index contributed by atoms with van der Waals surface area (Å²) in [5.74, 6) is 0.368. The van der Waals surface area contributed by atoms with E-state index in [0.29, 0.717) is 29.3 Å². The third-order valence-corrected chi connectivity index (χ3v) is 4.93. The molecule has 0 N–H and O–H groups in total. The number of methoxy groups -OCH3 is 2. The molecule has 180 valence electrons. The lowest BCUT2D eigenvalue weighted by Crippen LogP contribution is -2.08. The van der Waals surface area contributed by atoms with E-state index in [0.717, 1.165) is 17.8 Å². The second-order valence-corrected chi connectivity index (χ2v) is 7.11. The van der Waals surface area contributed by atoms with Crippen LogP contribution in [-0.4, -0.2) is 46.5 Å². The van der Waals surface area contributed by atoms with Gasteiger partial charge in [-0.1, -0.05) is 0 Å². The third-order valence-electron chi connectivity index (χ3n) is 4.93. The number of hydrogen-bond donors (Lipinski definition) is 0. The van der Waals surface area contributed by atoms with Crippen LogP contribution in [-0.2, 0) is 11.3 Å². The highest BCUT2D eigenvalue weighted by atomic mass is 16.6. The predicted molar refractivity (Wildman–Crippen MR) is 127 cm³/mol. The van der Waals surface area contributed by atoms with Gasteiger partial charge in [-0.3, -0.25) is 14.8 Å². The molecule has 0 unspecified atom stereocenters. The molecular weight excluding hydrogens is 454 g/mol. The fraction of sp³-hybridized carbons (Fsp3) is 0.250. The van der Waals surface area contributed by atoms with Crippen molar-refractivity contribution in [3.05, 3.63) is 63.6 Å². The van der Waals surface area contributed by atoms with Gasteiger partial charge >= 0.3 is 5.97 Å². The monoisotopic (exact) mass is 477 g/mol. The summed E-state index contributed by atoms with van der Waals surface area (Å²) in [7, 11) is 3.08. The molecule has 11 nitrogen and oxygen atoms in total. The minimum Gasteiger partial charge on any atom is -0.493 e. The number of carbonyl (C=O) groups is 1. The van der Waals surface area contributed by atoms with E-state index in [4.69, 9.17) is 19.5 Å². The zero-order chi connectivity index (χ0) is 25.4. The fourth-order valence-electron chi connectivity index (χ4n) is 3.28. The molecule has 0 saturated carbocycles. The van der Waals surface area contributed by atoms with Crippen LogP contribution in [0.3, 0.4) is 0 Å². The highest BCUT2D eigenvalue weighted by molar-refractivity contribution is 5.95. The fourth-order valence-corrected chi connectivity index (χ4v) is 3.28. The van der Waals surface area contributed by atoms with E-state index in [-0.39, 0.29) is 30.0 Å². The highest BCUT2D eigenvalue weighted by Crippen LogP contribution is 2.33. The summed E-state index contributed by atoms with van der Waals surface area (Å²) in [5, 5.41) is 24.7. The Morgan fingerprint density at radius 1 is 1.23 bits per heavy atom. The molecule has 2 heterocycles. The van der Waals surface area contributed by atoms with Crippen LogP contribution >= 0.6 is 0 Å². The number of pyridine rings is 1. The largest absolute Gasteiger partial charge is 0.493 e.